The summed E-state index contributed by atoms with van der Waals surface area (Å²) in [5.74, 6) is -1.79. The lowest BCUT2D eigenvalue weighted by molar-refractivity contribution is 0.306. The van der Waals surface area contributed by atoms with E-state index in [1.54, 1.807) is 91.0 Å². The summed E-state index contributed by atoms with van der Waals surface area (Å²) >= 11 is 0. The normalized spacial score (nSPS) is 12.1. The number of rotatable bonds is 13. The molecule has 210 valence electrons. The van der Waals surface area contributed by atoms with Crippen LogP contribution in [-0.2, 0) is 58.4 Å². The third kappa shape index (κ3) is 9.49. The summed E-state index contributed by atoms with van der Waals surface area (Å²) in [6.07, 6.45) is 0. The highest BCUT2D eigenvalue weighted by Gasteiger charge is 2.20. The molecule has 4 aromatic rings. The fourth-order valence-corrected chi connectivity index (χ4v) is 6.79. The molecule has 0 heterocycles. The molecule has 4 rings (SSSR count). The Morgan fingerprint density at radius 2 is 0.775 bits per heavy atom. The van der Waals surface area contributed by atoms with Crippen LogP contribution in [0.4, 0.5) is 0 Å². The molecule has 4 aromatic carbocycles. The van der Waals surface area contributed by atoms with E-state index in [1.165, 1.54) is 12.1 Å². The van der Waals surface area contributed by atoms with E-state index >= 15 is 0 Å². The van der Waals surface area contributed by atoms with Gasteiger partial charge in [0.05, 0.1) is 6.61 Å². The highest BCUT2D eigenvalue weighted by atomic mass is 32.2. The topological polar surface area (TPSA) is 130 Å². The minimum atomic E-state index is -4.16. The molecule has 0 radical (unpaired) electrons. The molecule has 0 spiro atoms. The first kappa shape index (κ1) is 29.3. The van der Waals surface area contributed by atoms with Crippen LogP contribution in [0.25, 0.3) is 0 Å². The van der Waals surface area contributed by atoms with Crippen molar-refractivity contribution in [2.24, 2.45) is 0 Å². The van der Waals surface area contributed by atoms with Crippen molar-refractivity contribution in [3.63, 3.8) is 0 Å². The number of hydrogen-bond acceptors (Lipinski definition) is 9. The van der Waals surface area contributed by atoms with Crippen LogP contribution in [-0.4, -0.2) is 25.3 Å². The molecule has 0 saturated heterocycles. The van der Waals surface area contributed by atoms with Crippen LogP contribution >= 0.6 is 0 Å². The van der Waals surface area contributed by atoms with E-state index in [0.717, 1.165) is 6.07 Å². The molecule has 0 aliphatic heterocycles. The molecule has 0 aliphatic carbocycles. The average Bonchev–Trinajstić information content (AvgIpc) is 2.88. The van der Waals surface area contributed by atoms with Gasteiger partial charge in [0.15, 0.2) is 0 Å². The Balaban J connectivity index is 1.57. The Labute approximate surface area is 234 Å². The SMILES string of the molecule is O=S(=O)(Cc1ccccc1)OCc1cc(OS(=O)(=O)Cc2ccccc2)cc(OS(=O)(=O)Cc2ccccc2)c1. The third-order valence-corrected chi connectivity index (χ3v) is 8.78. The van der Waals surface area contributed by atoms with E-state index in [2.05, 4.69) is 0 Å². The van der Waals surface area contributed by atoms with Gasteiger partial charge in [-0.05, 0) is 34.4 Å². The van der Waals surface area contributed by atoms with Gasteiger partial charge < -0.3 is 8.37 Å². The first-order valence-corrected chi connectivity index (χ1v) is 16.7. The summed E-state index contributed by atoms with van der Waals surface area (Å²) in [6, 6.07) is 28.7. The maximum Gasteiger partial charge on any atom is 0.313 e. The number of hydrogen-bond donors (Lipinski definition) is 0. The summed E-state index contributed by atoms with van der Waals surface area (Å²) in [5, 5.41) is 0. The molecule has 0 saturated carbocycles. The molecular formula is C28H26O9S3. The average molecular weight is 603 g/mol. The molecule has 0 bridgehead atoms. The Hall–Kier alpha value is -3.71. The Kier molecular flexibility index (Phi) is 9.25. The Morgan fingerprint density at radius 3 is 1.15 bits per heavy atom. The maximum atomic E-state index is 12.7. The Bertz CT molecular complexity index is 1650. The third-order valence-electron chi connectivity index (χ3n) is 5.35. The molecular weight excluding hydrogens is 577 g/mol. The Morgan fingerprint density at radius 1 is 0.425 bits per heavy atom. The minimum Gasteiger partial charge on any atom is -0.382 e. The van der Waals surface area contributed by atoms with Gasteiger partial charge in [-0.1, -0.05) is 91.0 Å². The molecule has 0 aromatic heterocycles. The largest absolute Gasteiger partial charge is 0.382 e. The monoisotopic (exact) mass is 602 g/mol. The summed E-state index contributed by atoms with van der Waals surface area (Å²) in [4.78, 5) is 0. The van der Waals surface area contributed by atoms with Crippen LogP contribution in [0.1, 0.15) is 22.3 Å². The number of benzene rings is 4. The maximum absolute atomic E-state index is 12.7. The van der Waals surface area contributed by atoms with E-state index in [9.17, 15) is 25.3 Å². The van der Waals surface area contributed by atoms with Crippen LogP contribution < -0.4 is 8.37 Å². The predicted octanol–water partition coefficient (Wildman–Crippen LogP) is 4.55. The van der Waals surface area contributed by atoms with Gasteiger partial charge in [-0.3, -0.25) is 4.18 Å². The highest BCUT2D eigenvalue weighted by Crippen LogP contribution is 2.28. The van der Waals surface area contributed by atoms with Crippen LogP contribution in [0.3, 0.4) is 0 Å². The zero-order valence-electron chi connectivity index (χ0n) is 21.1. The van der Waals surface area contributed by atoms with Gasteiger partial charge in [0.25, 0.3) is 10.1 Å². The summed E-state index contributed by atoms with van der Waals surface area (Å²) in [6.45, 7) is -0.514. The molecule has 0 aliphatic rings. The molecule has 0 N–H and O–H groups in total. The van der Waals surface area contributed by atoms with Crippen molar-refractivity contribution in [2.45, 2.75) is 23.9 Å². The van der Waals surface area contributed by atoms with Gasteiger partial charge >= 0.3 is 20.2 Å². The zero-order chi connectivity index (χ0) is 28.6. The van der Waals surface area contributed by atoms with E-state index in [1.807, 2.05) is 0 Å². The van der Waals surface area contributed by atoms with Crippen LogP contribution in [0, 0.1) is 0 Å². The van der Waals surface area contributed by atoms with Gasteiger partial charge in [0.2, 0.25) is 0 Å². The van der Waals surface area contributed by atoms with Crippen molar-refractivity contribution in [3.8, 4) is 11.5 Å². The van der Waals surface area contributed by atoms with Gasteiger partial charge in [-0.15, -0.1) is 0 Å². The molecule has 40 heavy (non-hydrogen) atoms. The standard InChI is InChI=1S/C28H26O9S3/c29-38(30,20-23-10-4-1-5-11-23)35-19-26-16-27(36-39(31,32)21-24-12-6-2-7-13-24)18-28(17-26)37-40(33,34)22-25-14-8-3-9-15-25/h1-18H,19-22H2. The molecule has 0 atom stereocenters. The molecule has 0 fully saturated rings. The van der Waals surface area contributed by atoms with E-state index in [0.29, 0.717) is 16.7 Å². The second-order valence-electron chi connectivity index (χ2n) is 8.80. The molecule has 12 heteroatoms. The van der Waals surface area contributed by atoms with E-state index in [-0.39, 0.29) is 22.8 Å². The van der Waals surface area contributed by atoms with Gasteiger partial charge in [0.1, 0.15) is 28.8 Å². The first-order valence-electron chi connectivity index (χ1n) is 11.9. The second kappa shape index (κ2) is 12.6. The zero-order valence-corrected chi connectivity index (χ0v) is 23.6. The molecule has 9 nitrogen and oxygen atoms in total. The van der Waals surface area contributed by atoms with Crippen LogP contribution in [0.2, 0.25) is 0 Å². The van der Waals surface area contributed by atoms with Crippen molar-refractivity contribution in [2.75, 3.05) is 0 Å². The summed E-state index contributed by atoms with van der Waals surface area (Å²) in [5.41, 5.74) is 1.60. The van der Waals surface area contributed by atoms with Crippen molar-refractivity contribution >= 4 is 30.4 Å². The minimum absolute atomic E-state index is 0.119. The van der Waals surface area contributed by atoms with Gasteiger partial charge in [0, 0.05) is 6.07 Å². The van der Waals surface area contributed by atoms with Crippen molar-refractivity contribution < 1.29 is 37.8 Å². The second-order valence-corrected chi connectivity index (χ2v) is 13.6. The van der Waals surface area contributed by atoms with E-state index < -0.39 is 48.5 Å². The fraction of sp³-hybridized carbons (Fsp3) is 0.143. The lowest BCUT2D eigenvalue weighted by Gasteiger charge is -2.13. The smallest absolute Gasteiger partial charge is 0.313 e. The van der Waals surface area contributed by atoms with Gasteiger partial charge in [-0.25, -0.2) is 0 Å². The van der Waals surface area contributed by atoms with Crippen LogP contribution in [0.15, 0.2) is 109 Å². The van der Waals surface area contributed by atoms with Crippen molar-refractivity contribution in [1.82, 2.24) is 0 Å². The highest BCUT2D eigenvalue weighted by molar-refractivity contribution is 7.86. The quantitative estimate of drug-likeness (QED) is 0.202. The van der Waals surface area contributed by atoms with E-state index in [4.69, 9.17) is 12.5 Å². The fourth-order valence-electron chi connectivity index (χ4n) is 3.70. The lowest BCUT2D eigenvalue weighted by Crippen LogP contribution is -2.14. The van der Waals surface area contributed by atoms with Crippen molar-refractivity contribution in [3.05, 3.63) is 131 Å². The lowest BCUT2D eigenvalue weighted by atomic mass is 10.2. The van der Waals surface area contributed by atoms with Crippen molar-refractivity contribution in [1.29, 1.82) is 0 Å². The summed E-state index contributed by atoms with van der Waals surface area (Å²) < 4.78 is 91.6. The first-order chi connectivity index (χ1) is 19.0. The summed E-state index contributed by atoms with van der Waals surface area (Å²) in [7, 11) is -12.4. The molecule has 0 amide bonds. The van der Waals surface area contributed by atoms with Crippen LogP contribution in [0.5, 0.6) is 11.5 Å². The predicted molar refractivity (Wildman–Crippen MR) is 150 cm³/mol. The molecule has 0 unspecified atom stereocenters. The van der Waals surface area contributed by atoms with Gasteiger partial charge in [-0.2, -0.15) is 25.3 Å².